The van der Waals surface area contributed by atoms with E-state index in [1.54, 1.807) is 77.4 Å². The number of anilines is 3. The van der Waals surface area contributed by atoms with E-state index in [0.717, 1.165) is 23.3 Å². The molecule has 10 N–H and O–H groups in total. The average molecular weight is 1670 g/mol. The lowest BCUT2D eigenvalue weighted by molar-refractivity contribution is -0.149. The Morgan fingerprint density at radius 3 is 1.21 bits per heavy atom. The number of aromatic nitrogens is 8. The monoisotopic (exact) mass is 1670 g/mol. The first kappa shape index (κ1) is 88.7. The minimum Gasteiger partial charge on any atom is -0.416 e. The van der Waals surface area contributed by atoms with Gasteiger partial charge in [0, 0.05) is 54.7 Å². The average Bonchev–Trinajstić information content (AvgIpc) is 1.61. The third-order valence-corrected chi connectivity index (χ3v) is 38.9. The number of H-pyrrole nitrogens is 1. The van der Waals surface area contributed by atoms with Crippen molar-refractivity contribution >= 4 is 92.3 Å². The number of aliphatic hydroxyl groups is 2. The summed E-state index contributed by atoms with van der Waals surface area (Å²) in [5.41, 5.74) is 17.0. The van der Waals surface area contributed by atoms with Gasteiger partial charge in [-0.3, -0.25) is 28.0 Å². The molecule has 0 spiro atoms. The summed E-state index contributed by atoms with van der Waals surface area (Å²) in [7, 11) is -3.79. The van der Waals surface area contributed by atoms with Crippen molar-refractivity contribution in [2.45, 2.75) is 319 Å². The summed E-state index contributed by atoms with van der Waals surface area (Å²) in [6.07, 6.45) is 5.97. The highest BCUT2D eigenvalue weighted by molar-refractivity contribution is 8.01. The zero-order valence-corrected chi connectivity index (χ0v) is 73.9. The van der Waals surface area contributed by atoms with E-state index >= 15 is 0 Å². The van der Waals surface area contributed by atoms with E-state index in [1.807, 2.05) is 76.2 Å². The molecular formula is C72H118N11O20S5Si2+. The van der Waals surface area contributed by atoms with Crippen LogP contribution in [-0.4, -0.2) is 218 Å². The summed E-state index contributed by atoms with van der Waals surface area (Å²) in [4.78, 5) is 74.8. The number of rotatable bonds is 13. The SMILES string of the molecule is CC1(C)O[C@@H]2[C@H](O1)[C@@H](CO)S[C@H]2n1ccc(N)nc1=O.CC[C@@H]1[C@H]2OC(C)(C)O[C@H]2C[S+]1O.Cc1cn([C@@H]2S[C@H](CO)[C@H]3OC(C)(C)O[C@H]32)c(=O)nc1N.Cc1cn([C@@H]2S[C@H](CO[Si](C)(C)C(C)(C)C)[C@H]3OC(C)(C)O[C@H]32)c(=O)[nH]c1=O.Cc1cn([C@@H]2S[C@H](CO[Si](C)(C)C(C)(C)C)[C@H]3OC(C)(C)O[C@H]32)c(=O)nc1N. The van der Waals surface area contributed by atoms with E-state index < -0.39 is 73.8 Å². The molecule has 0 amide bonds. The van der Waals surface area contributed by atoms with E-state index in [9.17, 15) is 38.7 Å². The first-order chi connectivity index (χ1) is 50.7. The van der Waals surface area contributed by atoms with E-state index in [-0.39, 0.29) is 161 Å². The minimum atomic E-state index is -1.91. The number of thioether (sulfide) groups is 4. The number of nitrogens with two attached hydrogens (primary N) is 3. The molecule has 1 unspecified atom stereocenters. The van der Waals surface area contributed by atoms with E-state index in [0.29, 0.717) is 18.8 Å². The highest BCUT2D eigenvalue weighted by atomic mass is 32.2. The van der Waals surface area contributed by atoms with Gasteiger partial charge in [0.1, 0.15) is 100.0 Å². The van der Waals surface area contributed by atoms with Crippen LogP contribution in [0.25, 0.3) is 0 Å². The molecule has 4 aromatic rings. The predicted molar refractivity (Wildman–Crippen MR) is 434 cm³/mol. The quantitative estimate of drug-likeness (QED) is 0.0494. The number of nitrogen functional groups attached to an aromatic ring is 3. The van der Waals surface area contributed by atoms with Gasteiger partial charge in [0.2, 0.25) is 0 Å². The fraction of sp³-hybridized carbons (Fsp3) is 0.778. The lowest BCUT2D eigenvalue weighted by atomic mass is 10.1. The number of nitrogens with one attached hydrogen (secondary N) is 1. The molecule has 0 aliphatic carbocycles. The van der Waals surface area contributed by atoms with Crippen molar-refractivity contribution in [2.75, 3.05) is 49.4 Å². The molecule has 10 fully saturated rings. The van der Waals surface area contributed by atoms with Crippen LogP contribution in [0.1, 0.15) is 162 Å². The number of aryl methyl sites for hydroxylation is 3. The van der Waals surface area contributed by atoms with Crippen molar-refractivity contribution in [3.8, 4) is 0 Å². The molecule has 38 heteroatoms. The van der Waals surface area contributed by atoms with Crippen LogP contribution in [0.4, 0.5) is 17.5 Å². The van der Waals surface area contributed by atoms with Crippen LogP contribution in [0.3, 0.4) is 0 Å². The topological polar surface area (TPSA) is 409 Å². The summed E-state index contributed by atoms with van der Waals surface area (Å²) >= 11 is 5.71. The molecule has 0 radical (unpaired) electrons. The third kappa shape index (κ3) is 19.4. The molecule has 4 aromatic heterocycles. The summed E-state index contributed by atoms with van der Waals surface area (Å²) in [5.74, 6) is -1.85. The van der Waals surface area contributed by atoms with Crippen molar-refractivity contribution < 1.29 is 71.0 Å². The van der Waals surface area contributed by atoms with Crippen molar-refractivity contribution in [3.05, 3.63) is 99.8 Å². The van der Waals surface area contributed by atoms with Crippen molar-refractivity contribution in [1.29, 1.82) is 0 Å². The fourth-order valence-corrected chi connectivity index (χ4v) is 24.2. The van der Waals surface area contributed by atoms with Gasteiger partial charge in [-0.25, -0.2) is 19.2 Å². The van der Waals surface area contributed by atoms with Gasteiger partial charge in [-0.1, -0.05) is 48.5 Å². The molecule has 110 heavy (non-hydrogen) atoms. The van der Waals surface area contributed by atoms with Crippen LogP contribution < -0.4 is 45.5 Å². The molecular weight excluding hydrogens is 1560 g/mol. The molecule has 10 aliphatic heterocycles. The number of hydrogen-bond acceptors (Lipinski definition) is 30. The van der Waals surface area contributed by atoms with Crippen LogP contribution in [-0.2, 0) is 67.4 Å². The largest absolute Gasteiger partial charge is 0.416 e. The number of nitrogens with zero attached hydrogens (tertiary/aromatic N) is 7. The van der Waals surface area contributed by atoms with Gasteiger partial charge >= 0.3 is 22.8 Å². The van der Waals surface area contributed by atoms with Crippen LogP contribution in [0.15, 0.2) is 54.8 Å². The third-order valence-electron chi connectivity index (χ3n) is 21.8. The van der Waals surface area contributed by atoms with Crippen LogP contribution >= 0.6 is 47.0 Å². The van der Waals surface area contributed by atoms with Gasteiger partial charge in [0.05, 0.1) is 34.2 Å². The van der Waals surface area contributed by atoms with Gasteiger partial charge in [-0.05, 0) is 139 Å². The lowest BCUT2D eigenvalue weighted by Crippen LogP contribution is -2.44. The first-order valence-electron chi connectivity index (χ1n) is 37.4. The second kappa shape index (κ2) is 33.0. The maximum atomic E-state index is 12.5. The van der Waals surface area contributed by atoms with Crippen molar-refractivity contribution in [1.82, 2.24) is 38.2 Å². The molecule has 618 valence electrons. The summed E-state index contributed by atoms with van der Waals surface area (Å²) in [6, 6.07) is 1.57. The number of aliphatic hydroxyl groups excluding tert-OH is 2. The summed E-state index contributed by atoms with van der Waals surface area (Å²) < 4.78 is 88.6. The lowest BCUT2D eigenvalue weighted by Gasteiger charge is -2.37. The fourth-order valence-electron chi connectivity index (χ4n) is 14.2. The van der Waals surface area contributed by atoms with Gasteiger partial charge in [0.25, 0.3) is 5.56 Å². The number of hydrogen-bond donors (Lipinski definition) is 7. The maximum Gasteiger partial charge on any atom is 0.350 e. The molecule has 10 aliphatic rings. The Bertz CT molecular complexity index is 4250. The molecule has 0 bridgehead atoms. The Labute approximate surface area is 665 Å². The Balaban J connectivity index is 0.000000149. The van der Waals surface area contributed by atoms with Crippen molar-refractivity contribution in [3.63, 3.8) is 0 Å². The normalized spacial score (nSPS) is 33.8. The Morgan fingerprint density at radius 1 is 0.509 bits per heavy atom. The van der Waals surface area contributed by atoms with Crippen LogP contribution in [0.5, 0.6) is 0 Å². The number of ether oxygens (including phenoxy) is 10. The highest BCUT2D eigenvalue weighted by Crippen LogP contribution is 2.55. The minimum absolute atomic E-state index is 0.0288. The van der Waals surface area contributed by atoms with E-state index in [1.165, 1.54) is 32.7 Å². The zero-order chi connectivity index (χ0) is 81.6. The standard InChI is InChI=1S/C19H33N3O4SSi.C19H32N2O5SSi.C13H19N3O4S.C12H17N3O4S.C9H17O3S/c1-11-9-22(17(23)21-15(11)20)16-14-13(25-19(5,6)26-14)12(27-16)10-24-28(7,8)18(2,3)4;1-11-9-21(17(23)20-15(11)22)16-14-13(25-19(5,6)26-14)12(27-16)10-24-28(7,8)18(2,3)4;1-6-4-16(12(18)15-10(6)14)11-9-8(7(5-17)21-11)19-13(2,3)20-9;1-12(2)18-8-6(5-16)20-10(9(8)19-12)15-4-3-7(13)14-11(15)17;1-4-7-8-6(5-13(7)10)11-9(2,3)12-8/h9,12-14,16H,10H2,1-8H3,(H2,20,21,23);9,12-14,16H,10H2,1-8H3,(H,20,22,23);4,7-9,11,17H,5H2,1-3H3,(H2,14,15,18);3-4,6,8-10,16H,5H2,1-2H3,(H2,13,14,17);6-8,10H,4-5H2,1-3H3/q;;;;+1/t2*12-,13-,14-,16-;7-,8-,9-,11-;6-,8-,9-,10-;6-,7+,8-,13?/m11110/s1. The molecule has 14 heterocycles. The Morgan fingerprint density at radius 2 is 0.836 bits per heavy atom. The van der Waals surface area contributed by atoms with E-state index in [2.05, 4.69) is 94.6 Å². The molecule has 0 saturated carbocycles. The summed E-state index contributed by atoms with van der Waals surface area (Å²) in [5, 5.41) is 18.4. The van der Waals surface area contributed by atoms with Gasteiger partial charge in [-0.15, -0.1) is 47.0 Å². The molecule has 14 rings (SSSR count). The Hall–Kier alpha value is -3.70. The van der Waals surface area contributed by atoms with Crippen LogP contribution in [0, 0.1) is 20.8 Å². The number of fused-ring (bicyclic) bond motifs is 5. The van der Waals surface area contributed by atoms with E-state index in [4.69, 9.17) is 73.4 Å². The van der Waals surface area contributed by atoms with Crippen molar-refractivity contribution in [2.24, 2.45) is 0 Å². The molecule has 20 atom stereocenters. The molecule has 31 nitrogen and oxygen atoms in total. The van der Waals surface area contributed by atoms with Gasteiger partial charge < -0.3 is 83.6 Å². The molecule has 10 saturated heterocycles. The second-order valence-corrected chi connectivity index (χ2v) is 51.5. The highest BCUT2D eigenvalue weighted by Gasteiger charge is 2.62. The second-order valence-electron chi connectivity index (χ2n) is 34.7. The smallest absolute Gasteiger partial charge is 0.350 e. The Kier molecular flexibility index (Phi) is 26.6. The molecule has 0 aromatic carbocycles. The number of aromatic amines is 1. The predicted octanol–water partition coefficient (Wildman–Crippen LogP) is 7.89. The van der Waals surface area contributed by atoms with Crippen LogP contribution in [0.2, 0.25) is 36.3 Å². The summed E-state index contributed by atoms with van der Waals surface area (Å²) in [6.45, 7) is 49.6. The van der Waals surface area contributed by atoms with Gasteiger partial charge in [0.15, 0.2) is 67.7 Å². The zero-order valence-electron chi connectivity index (χ0n) is 67.8. The first-order valence-corrected chi connectivity index (χ1v) is 48.4. The van der Waals surface area contributed by atoms with Gasteiger partial charge in [-0.2, -0.15) is 19.5 Å². The maximum absolute atomic E-state index is 12.5.